The Morgan fingerprint density at radius 3 is 2.74 bits per heavy atom. The van der Waals surface area contributed by atoms with Gasteiger partial charge in [-0.15, -0.1) is 11.3 Å². The lowest BCUT2D eigenvalue weighted by atomic mass is 9.99. The summed E-state index contributed by atoms with van der Waals surface area (Å²) >= 11 is 3.01. The zero-order chi connectivity index (χ0) is 16.6. The Kier molecular flexibility index (Phi) is 4.77. The lowest BCUT2D eigenvalue weighted by molar-refractivity contribution is -0.129. The monoisotopic (exact) mass is 350 g/mol. The molecule has 2 aromatic heterocycles. The third-order valence-corrected chi connectivity index (χ3v) is 6.43. The average molecular weight is 351 g/mol. The molecule has 3 heterocycles. The molecule has 3 rings (SSSR count). The van der Waals surface area contributed by atoms with Crippen LogP contribution in [0, 0.1) is 19.8 Å². The number of carbonyl (C=O) groups excluding carboxylic acids is 1. The van der Waals surface area contributed by atoms with E-state index in [0.29, 0.717) is 16.7 Å². The molecular formula is C16H22N4OS2. The number of nitrogens with zero attached hydrogens (tertiary/aromatic N) is 3. The molecule has 7 heteroatoms. The first-order valence-electron chi connectivity index (χ1n) is 7.89. The predicted octanol–water partition coefficient (Wildman–Crippen LogP) is 3.24. The van der Waals surface area contributed by atoms with Crippen molar-refractivity contribution in [1.29, 1.82) is 0 Å². The van der Waals surface area contributed by atoms with E-state index in [-0.39, 0.29) is 5.91 Å². The number of nitrogens with two attached hydrogens (primary N) is 1. The van der Waals surface area contributed by atoms with E-state index in [2.05, 4.69) is 23.8 Å². The van der Waals surface area contributed by atoms with Crippen LogP contribution in [0.2, 0.25) is 0 Å². The quantitative estimate of drug-likeness (QED) is 0.679. The van der Waals surface area contributed by atoms with Gasteiger partial charge in [-0.2, -0.15) is 0 Å². The van der Waals surface area contributed by atoms with E-state index in [0.717, 1.165) is 47.6 Å². The summed E-state index contributed by atoms with van der Waals surface area (Å²) in [6.07, 6.45) is 2.19. The van der Waals surface area contributed by atoms with Crippen LogP contribution in [-0.2, 0) is 4.79 Å². The van der Waals surface area contributed by atoms with Crippen molar-refractivity contribution in [3.8, 4) is 0 Å². The second kappa shape index (κ2) is 6.65. The van der Waals surface area contributed by atoms with Crippen molar-refractivity contribution in [2.24, 2.45) is 5.92 Å². The van der Waals surface area contributed by atoms with Gasteiger partial charge in [0.1, 0.15) is 10.6 Å². The molecule has 2 aromatic rings. The summed E-state index contributed by atoms with van der Waals surface area (Å²) in [5.74, 6) is 1.78. The van der Waals surface area contributed by atoms with Gasteiger partial charge < -0.3 is 10.6 Å². The highest BCUT2D eigenvalue weighted by Gasteiger charge is 2.21. The van der Waals surface area contributed by atoms with E-state index in [9.17, 15) is 4.79 Å². The number of carbonyl (C=O) groups is 1. The van der Waals surface area contributed by atoms with Gasteiger partial charge in [-0.05, 0) is 38.2 Å². The zero-order valence-corrected chi connectivity index (χ0v) is 15.4. The Hall–Kier alpha value is -1.34. The number of thiophene rings is 1. The SMILES string of the molecule is Cc1sc2nc(SCC(=O)N3CCC(C)CC3)nc(N)c2c1C. The molecule has 1 aliphatic rings. The number of hydrogen-bond acceptors (Lipinski definition) is 6. The maximum atomic E-state index is 12.3. The fraction of sp³-hybridized carbons (Fsp3) is 0.562. The first kappa shape index (κ1) is 16.5. The van der Waals surface area contributed by atoms with E-state index in [4.69, 9.17) is 5.73 Å². The van der Waals surface area contributed by atoms with Crippen LogP contribution in [0.5, 0.6) is 0 Å². The zero-order valence-electron chi connectivity index (χ0n) is 13.8. The molecule has 124 valence electrons. The molecule has 0 unspecified atom stereocenters. The summed E-state index contributed by atoms with van der Waals surface area (Å²) in [6.45, 7) is 8.08. The maximum Gasteiger partial charge on any atom is 0.233 e. The van der Waals surface area contributed by atoms with Crippen LogP contribution in [-0.4, -0.2) is 39.6 Å². The number of fused-ring (bicyclic) bond motifs is 1. The number of amides is 1. The summed E-state index contributed by atoms with van der Waals surface area (Å²) in [4.78, 5) is 25.3. The van der Waals surface area contributed by atoms with Crippen molar-refractivity contribution in [3.05, 3.63) is 10.4 Å². The van der Waals surface area contributed by atoms with Crippen molar-refractivity contribution in [3.63, 3.8) is 0 Å². The van der Waals surface area contributed by atoms with Crippen LogP contribution < -0.4 is 5.73 Å². The standard InChI is InChI=1S/C16H22N4OS2/c1-9-4-6-20(7-5-9)12(21)8-22-16-18-14(17)13-10(2)11(3)23-15(13)19-16/h9H,4-8H2,1-3H3,(H2,17,18,19). The molecular weight excluding hydrogens is 328 g/mol. The van der Waals surface area contributed by atoms with E-state index in [1.165, 1.54) is 16.6 Å². The molecule has 0 atom stereocenters. The Bertz CT molecular complexity index is 735. The van der Waals surface area contributed by atoms with Gasteiger partial charge in [-0.25, -0.2) is 9.97 Å². The van der Waals surface area contributed by atoms with Crippen LogP contribution >= 0.6 is 23.1 Å². The molecule has 1 aliphatic heterocycles. The second-order valence-corrected chi connectivity index (χ2v) is 8.35. The predicted molar refractivity (Wildman–Crippen MR) is 97.0 cm³/mol. The summed E-state index contributed by atoms with van der Waals surface area (Å²) in [7, 11) is 0. The number of aryl methyl sites for hydroxylation is 2. The Morgan fingerprint density at radius 1 is 1.35 bits per heavy atom. The molecule has 1 amide bonds. The lowest BCUT2D eigenvalue weighted by Crippen LogP contribution is -2.38. The summed E-state index contributed by atoms with van der Waals surface area (Å²) in [5.41, 5.74) is 7.23. The highest BCUT2D eigenvalue weighted by Crippen LogP contribution is 2.33. The van der Waals surface area contributed by atoms with Crippen LogP contribution in [0.15, 0.2) is 5.16 Å². The first-order valence-corrected chi connectivity index (χ1v) is 9.69. The van der Waals surface area contributed by atoms with Crippen molar-refractivity contribution in [2.45, 2.75) is 38.8 Å². The largest absolute Gasteiger partial charge is 0.383 e. The molecule has 1 saturated heterocycles. The molecule has 2 N–H and O–H groups in total. The third-order valence-electron chi connectivity index (χ3n) is 4.50. The Balaban J connectivity index is 1.68. The van der Waals surface area contributed by atoms with Crippen LogP contribution in [0.1, 0.15) is 30.2 Å². The van der Waals surface area contributed by atoms with Gasteiger partial charge in [0.15, 0.2) is 5.16 Å². The number of likely N-dealkylation sites (tertiary alicyclic amines) is 1. The van der Waals surface area contributed by atoms with Crippen molar-refractivity contribution in [1.82, 2.24) is 14.9 Å². The lowest BCUT2D eigenvalue weighted by Gasteiger charge is -2.30. The molecule has 0 saturated carbocycles. The Morgan fingerprint density at radius 2 is 2.04 bits per heavy atom. The van der Waals surface area contributed by atoms with Crippen LogP contribution in [0.3, 0.4) is 0 Å². The number of rotatable bonds is 3. The molecule has 0 aromatic carbocycles. The molecule has 5 nitrogen and oxygen atoms in total. The number of nitrogen functional groups attached to an aromatic ring is 1. The fourth-order valence-electron chi connectivity index (χ4n) is 2.80. The highest BCUT2D eigenvalue weighted by molar-refractivity contribution is 7.99. The minimum atomic E-state index is 0.169. The molecule has 0 radical (unpaired) electrons. The first-order chi connectivity index (χ1) is 11.0. The van der Waals surface area contributed by atoms with Gasteiger partial charge in [0.25, 0.3) is 0 Å². The highest BCUT2D eigenvalue weighted by atomic mass is 32.2. The summed E-state index contributed by atoms with van der Waals surface area (Å²) < 4.78 is 0. The van der Waals surface area contributed by atoms with E-state index < -0.39 is 0 Å². The van der Waals surface area contributed by atoms with Gasteiger partial charge in [-0.1, -0.05) is 18.7 Å². The number of piperidine rings is 1. The van der Waals surface area contributed by atoms with Gasteiger partial charge in [-0.3, -0.25) is 4.79 Å². The van der Waals surface area contributed by atoms with Gasteiger partial charge >= 0.3 is 0 Å². The summed E-state index contributed by atoms with van der Waals surface area (Å²) in [6, 6.07) is 0. The molecule has 0 bridgehead atoms. The number of aromatic nitrogens is 2. The van der Waals surface area contributed by atoms with E-state index in [1.807, 2.05) is 11.8 Å². The fourth-order valence-corrected chi connectivity index (χ4v) is 4.65. The number of anilines is 1. The number of hydrogen-bond donors (Lipinski definition) is 1. The average Bonchev–Trinajstić information content (AvgIpc) is 2.80. The minimum absolute atomic E-state index is 0.169. The molecule has 0 aliphatic carbocycles. The maximum absolute atomic E-state index is 12.3. The van der Waals surface area contributed by atoms with Gasteiger partial charge in [0.05, 0.1) is 11.1 Å². The Labute approximate surface area is 144 Å². The van der Waals surface area contributed by atoms with E-state index in [1.54, 1.807) is 11.3 Å². The summed E-state index contributed by atoms with van der Waals surface area (Å²) in [5, 5.41) is 1.54. The van der Waals surface area contributed by atoms with Crippen LogP contribution in [0.4, 0.5) is 5.82 Å². The van der Waals surface area contributed by atoms with Gasteiger partial charge in [0.2, 0.25) is 5.91 Å². The smallest absolute Gasteiger partial charge is 0.233 e. The van der Waals surface area contributed by atoms with Crippen molar-refractivity contribution >= 4 is 45.0 Å². The third kappa shape index (κ3) is 3.45. The van der Waals surface area contributed by atoms with Crippen molar-refractivity contribution in [2.75, 3.05) is 24.6 Å². The van der Waals surface area contributed by atoms with Gasteiger partial charge in [0, 0.05) is 18.0 Å². The normalized spacial score (nSPS) is 16.2. The number of thioether (sulfide) groups is 1. The van der Waals surface area contributed by atoms with Crippen molar-refractivity contribution < 1.29 is 4.79 Å². The van der Waals surface area contributed by atoms with Crippen LogP contribution in [0.25, 0.3) is 10.2 Å². The molecule has 0 spiro atoms. The molecule has 1 fully saturated rings. The minimum Gasteiger partial charge on any atom is -0.383 e. The van der Waals surface area contributed by atoms with E-state index >= 15 is 0 Å². The second-order valence-electron chi connectivity index (χ2n) is 6.21. The molecule has 23 heavy (non-hydrogen) atoms. The topological polar surface area (TPSA) is 72.1 Å².